The summed E-state index contributed by atoms with van der Waals surface area (Å²) >= 11 is 5.26. The van der Waals surface area contributed by atoms with Crippen LogP contribution in [-0.2, 0) is 0 Å². The van der Waals surface area contributed by atoms with Gasteiger partial charge in [0.2, 0.25) is 0 Å². The number of hydrogen-bond acceptors (Lipinski definition) is 3. The number of nitrogens with two attached hydrogens (primary N) is 1. The van der Waals surface area contributed by atoms with E-state index in [4.69, 9.17) is 5.73 Å². The van der Waals surface area contributed by atoms with Crippen LogP contribution in [0.1, 0.15) is 24.3 Å². The monoisotopic (exact) mass is 276 g/mol. The van der Waals surface area contributed by atoms with E-state index in [0.29, 0.717) is 12.0 Å². The normalized spacial score (nSPS) is 15.4. The predicted octanol–water partition coefficient (Wildman–Crippen LogP) is 2.76. The first-order valence-electron chi connectivity index (χ1n) is 4.78. The summed E-state index contributed by atoms with van der Waals surface area (Å²) in [5.41, 5.74) is 5.62. The molecule has 1 aromatic heterocycles. The topological polar surface area (TPSA) is 38.0 Å². The van der Waals surface area contributed by atoms with Crippen LogP contribution in [0.2, 0.25) is 0 Å². The van der Waals surface area contributed by atoms with Gasteiger partial charge in [0.25, 0.3) is 0 Å². The standard InChI is InChI=1S/C10H17BrN2S/c1-7(5-12)3-9(13-2)10-4-8(11)6-14-10/h4,6-7,9,13H,3,5,12H2,1-2H3. The number of thiophene rings is 1. The molecule has 3 N–H and O–H groups in total. The molecule has 2 nitrogen and oxygen atoms in total. The van der Waals surface area contributed by atoms with Crippen LogP contribution in [0.15, 0.2) is 15.9 Å². The van der Waals surface area contributed by atoms with Crippen molar-refractivity contribution < 1.29 is 0 Å². The molecule has 0 aromatic carbocycles. The maximum absolute atomic E-state index is 5.62. The van der Waals surface area contributed by atoms with Crippen LogP contribution in [0.4, 0.5) is 0 Å². The van der Waals surface area contributed by atoms with Crippen LogP contribution >= 0.6 is 27.3 Å². The molecule has 2 unspecified atom stereocenters. The highest BCUT2D eigenvalue weighted by atomic mass is 79.9. The highest BCUT2D eigenvalue weighted by molar-refractivity contribution is 9.10. The minimum absolute atomic E-state index is 0.435. The molecular weight excluding hydrogens is 260 g/mol. The summed E-state index contributed by atoms with van der Waals surface area (Å²) in [7, 11) is 2.00. The fourth-order valence-corrected chi connectivity index (χ4v) is 2.95. The Morgan fingerprint density at radius 1 is 1.64 bits per heavy atom. The Labute approximate surface area is 98.0 Å². The molecular formula is C10H17BrN2S. The van der Waals surface area contributed by atoms with Crippen molar-refractivity contribution in [2.75, 3.05) is 13.6 Å². The molecule has 0 fully saturated rings. The van der Waals surface area contributed by atoms with Crippen molar-refractivity contribution in [2.45, 2.75) is 19.4 Å². The summed E-state index contributed by atoms with van der Waals surface area (Å²) in [4.78, 5) is 1.37. The van der Waals surface area contributed by atoms with E-state index in [1.807, 2.05) is 7.05 Å². The molecule has 0 saturated carbocycles. The van der Waals surface area contributed by atoms with Crippen LogP contribution < -0.4 is 11.1 Å². The zero-order valence-electron chi connectivity index (χ0n) is 8.59. The number of halogens is 1. The van der Waals surface area contributed by atoms with Crippen molar-refractivity contribution in [1.29, 1.82) is 0 Å². The van der Waals surface area contributed by atoms with Crippen molar-refractivity contribution in [3.63, 3.8) is 0 Å². The molecule has 14 heavy (non-hydrogen) atoms. The van der Waals surface area contributed by atoms with Crippen molar-refractivity contribution >= 4 is 27.3 Å². The summed E-state index contributed by atoms with van der Waals surface area (Å²) in [6, 6.07) is 2.61. The second kappa shape index (κ2) is 5.85. The Morgan fingerprint density at radius 2 is 2.36 bits per heavy atom. The Morgan fingerprint density at radius 3 is 2.79 bits per heavy atom. The molecule has 0 amide bonds. The molecule has 1 aromatic rings. The quantitative estimate of drug-likeness (QED) is 0.868. The average Bonchev–Trinajstić information content (AvgIpc) is 2.60. The maximum Gasteiger partial charge on any atom is 0.0415 e. The highest BCUT2D eigenvalue weighted by Gasteiger charge is 2.14. The van der Waals surface area contributed by atoms with Crippen molar-refractivity contribution in [2.24, 2.45) is 11.7 Å². The fourth-order valence-electron chi connectivity index (χ4n) is 1.39. The van der Waals surface area contributed by atoms with Gasteiger partial charge in [-0.05, 0) is 47.9 Å². The largest absolute Gasteiger partial charge is 0.330 e. The molecule has 0 aliphatic heterocycles. The van der Waals surface area contributed by atoms with Crippen LogP contribution in [0.3, 0.4) is 0 Å². The lowest BCUT2D eigenvalue weighted by Crippen LogP contribution is -2.21. The Kier molecular flexibility index (Phi) is 5.09. The van der Waals surface area contributed by atoms with E-state index >= 15 is 0 Å². The first kappa shape index (κ1) is 12.2. The lowest BCUT2D eigenvalue weighted by molar-refractivity contribution is 0.442. The summed E-state index contributed by atoms with van der Waals surface area (Å²) in [5, 5.41) is 5.45. The van der Waals surface area contributed by atoms with Gasteiger partial charge in [-0.25, -0.2) is 0 Å². The third-order valence-corrected chi connectivity index (χ3v) is 4.13. The molecule has 0 radical (unpaired) electrons. The Bertz CT molecular complexity index is 275. The van der Waals surface area contributed by atoms with Gasteiger partial charge >= 0.3 is 0 Å². The number of hydrogen-bond donors (Lipinski definition) is 2. The van der Waals surface area contributed by atoms with Gasteiger partial charge in [0.1, 0.15) is 0 Å². The lowest BCUT2D eigenvalue weighted by Gasteiger charge is -2.18. The first-order chi connectivity index (χ1) is 6.67. The molecule has 0 bridgehead atoms. The molecule has 0 saturated heterocycles. The van der Waals surface area contributed by atoms with Gasteiger partial charge in [-0.2, -0.15) is 0 Å². The van der Waals surface area contributed by atoms with Crippen molar-refractivity contribution in [3.8, 4) is 0 Å². The zero-order valence-corrected chi connectivity index (χ0v) is 11.0. The first-order valence-corrected chi connectivity index (χ1v) is 6.46. The van der Waals surface area contributed by atoms with E-state index in [9.17, 15) is 0 Å². The summed E-state index contributed by atoms with van der Waals surface area (Å²) in [5.74, 6) is 0.563. The third kappa shape index (κ3) is 3.35. The Hall–Kier alpha value is 0.1000. The summed E-state index contributed by atoms with van der Waals surface area (Å²) in [6.07, 6.45) is 1.10. The Balaban J connectivity index is 2.62. The van der Waals surface area contributed by atoms with Gasteiger partial charge in [-0.1, -0.05) is 6.92 Å². The lowest BCUT2D eigenvalue weighted by atomic mass is 10.0. The van der Waals surface area contributed by atoms with Gasteiger partial charge in [0.15, 0.2) is 0 Å². The van der Waals surface area contributed by atoms with Crippen LogP contribution in [0, 0.1) is 5.92 Å². The molecule has 0 aliphatic carbocycles. The minimum Gasteiger partial charge on any atom is -0.330 e. The van der Waals surface area contributed by atoms with Crippen molar-refractivity contribution in [3.05, 3.63) is 20.8 Å². The van der Waals surface area contributed by atoms with E-state index in [0.717, 1.165) is 17.4 Å². The molecule has 1 heterocycles. The minimum atomic E-state index is 0.435. The fraction of sp³-hybridized carbons (Fsp3) is 0.600. The zero-order chi connectivity index (χ0) is 10.6. The van der Waals surface area contributed by atoms with Crippen LogP contribution in [-0.4, -0.2) is 13.6 Å². The smallest absolute Gasteiger partial charge is 0.0415 e. The highest BCUT2D eigenvalue weighted by Crippen LogP contribution is 2.28. The second-order valence-corrected chi connectivity index (χ2v) is 5.44. The third-order valence-electron chi connectivity index (χ3n) is 2.32. The summed E-state index contributed by atoms with van der Waals surface area (Å²) in [6.45, 7) is 2.94. The second-order valence-electron chi connectivity index (χ2n) is 3.59. The number of nitrogens with one attached hydrogen (secondary N) is 1. The van der Waals surface area contributed by atoms with E-state index in [1.165, 1.54) is 4.88 Å². The van der Waals surface area contributed by atoms with Gasteiger partial charge in [-0.3, -0.25) is 0 Å². The molecule has 0 aliphatic rings. The summed E-state index contributed by atoms with van der Waals surface area (Å²) < 4.78 is 1.16. The van der Waals surface area contributed by atoms with Crippen LogP contribution in [0.25, 0.3) is 0 Å². The van der Waals surface area contributed by atoms with Crippen LogP contribution in [0.5, 0.6) is 0 Å². The van der Waals surface area contributed by atoms with Crippen molar-refractivity contribution in [1.82, 2.24) is 5.32 Å². The molecule has 0 spiro atoms. The number of rotatable bonds is 5. The predicted molar refractivity (Wildman–Crippen MR) is 66.7 cm³/mol. The van der Waals surface area contributed by atoms with E-state index in [1.54, 1.807) is 11.3 Å². The van der Waals surface area contributed by atoms with E-state index < -0.39 is 0 Å². The molecule has 4 heteroatoms. The molecule has 80 valence electrons. The van der Waals surface area contributed by atoms with Gasteiger partial charge < -0.3 is 11.1 Å². The SMILES string of the molecule is CNC(CC(C)CN)c1cc(Br)cs1. The maximum atomic E-state index is 5.62. The van der Waals surface area contributed by atoms with Gasteiger partial charge in [-0.15, -0.1) is 11.3 Å². The van der Waals surface area contributed by atoms with Gasteiger partial charge in [0.05, 0.1) is 0 Å². The van der Waals surface area contributed by atoms with E-state index in [-0.39, 0.29) is 0 Å². The molecule has 2 atom stereocenters. The van der Waals surface area contributed by atoms with E-state index in [2.05, 4.69) is 39.6 Å². The average molecular weight is 277 g/mol. The molecule has 1 rings (SSSR count). The van der Waals surface area contributed by atoms with Gasteiger partial charge in [0, 0.05) is 20.8 Å².